The van der Waals surface area contributed by atoms with Crippen LogP contribution in [0.4, 0.5) is 0 Å². The summed E-state index contributed by atoms with van der Waals surface area (Å²) >= 11 is 5.87. The summed E-state index contributed by atoms with van der Waals surface area (Å²) in [5.74, 6) is 1.72. The Bertz CT molecular complexity index is 622. The summed E-state index contributed by atoms with van der Waals surface area (Å²) in [4.78, 5) is 15.9. The van der Waals surface area contributed by atoms with E-state index in [4.69, 9.17) is 16.0 Å². The lowest BCUT2D eigenvalue weighted by Gasteiger charge is -2.21. The quantitative estimate of drug-likeness (QED) is 0.819. The molecule has 1 aromatic heterocycles. The minimum absolute atomic E-state index is 0.0607. The van der Waals surface area contributed by atoms with Gasteiger partial charge in [0.1, 0.15) is 11.5 Å². The fourth-order valence-electron chi connectivity index (χ4n) is 2.20. The monoisotopic (exact) mass is 320 g/mol. The molecule has 2 rings (SSSR count). The Morgan fingerprint density at radius 2 is 1.77 bits per heavy atom. The highest BCUT2D eigenvalue weighted by molar-refractivity contribution is 6.30. The van der Waals surface area contributed by atoms with Gasteiger partial charge in [-0.1, -0.05) is 23.7 Å². The molecule has 0 fully saturated rings. The van der Waals surface area contributed by atoms with Gasteiger partial charge in [-0.2, -0.15) is 0 Å². The van der Waals surface area contributed by atoms with Crippen molar-refractivity contribution in [1.82, 2.24) is 9.80 Å². The van der Waals surface area contributed by atoms with Gasteiger partial charge in [-0.25, -0.2) is 0 Å². The maximum atomic E-state index is 12.2. The lowest BCUT2D eigenvalue weighted by atomic mass is 10.2. The number of benzene rings is 1. The van der Waals surface area contributed by atoms with E-state index in [-0.39, 0.29) is 5.91 Å². The molecule has 0 atom stereocenters. The van der Waals surface area contributed by atoms with Crippen molar-refractivity contribution in [1.29, 1.82) is 0 Å². The van der Waals surface area contributed by atoms with Gasteiger partial charge in [0.15, 0.2) is 0 Å². The summed E-state index contributed by atoms with van der Waals surface area (Å²) in [5, 5.41) is 0.718. The third-order valence-electron chi connectivity index (χ3n) is 3.39. The van der Waals surface area contributed by atoms with Crippen LogP contribution in [-0.2, 0) is 17.9 Å². The van der Waals surface area contributed by atoms with E-state index < -0.39 is 0 Å². The van der Waals surface area contributed by atoms with Crippen LogP contribution in [-0.4, -0.2) is 36.3 Å². The smallest absolute Gasteiger partial charge is 0.236 e. The van der Waals surface area contributed by atoms with Crippen LogP contribution in [0.1, 0.15) is 17.1 Å². The molecule has 0 N–H and O–H groups in total. The van der Waals surface area contributed by atoms with Crippen molar-refractivity contribution in [2.24, 2.45) is 0 Å². The van der Waals surface area contributed by atoms with Crippen LogP contribution in [0, 0.1) is 6.92 Å². The molecule has 0 aliphatic carbocycles. The number of carbonyl (C=O) groups excluding carboxylic acids is 1. The van der Waals surface area contributed by atoms with E-state index >= 15 is 0 Å². The average Bonchev–Trinajstić information content (AvgIpc) is 2.86. The molecular formula is C17H21ClN2O2. The van der Waals surface area contributed by atoms with Crippen molar-refractivity contribution >= 4 is 17.5 Å². The molecule has 5 heteroatoms. The number of nitrogens with zero attached hydrogens (tertiary/aromatic N) is 2. The van der Waals surface area contributed by atoms with E-state index in [0.717, 1.165) is 22.1 Å². The second-order valence-corrected chi connectivity index (χ2v) is 6.00. The normalized spacial score (nSPS) is 11.0. The van der Waals surface area contributed by atoms with Crippen molar-refractivity contribution in [3.05, 3.63) is 58.5 Å². The number of halogens is 1. The lowest BCUT2D eigenvalue weighted by Crippen LogP contribution is -2.35. The second-order valence-electron chi connectivity index (χ2n) is 5.56. The fraction of sp³-hybridized carbons (Fsp3) is 0.353. The molecule has 22 heavy (non-hydrogen) atoms. The molecule has 1 amide bonds. The highest BCUT2D eigenvalue weighted by atomic mass is 35.5. The van der Waals surface area contributed by atoms with Crippen molar-refractivity contribution in [3.63, 3.8) is 0 Å². The molecule has 0 saturated carbocycles. The number of hydrogen-bond acceptors (Lipinski definition) is 3. The molecule has 0 radical (unpaired) electrons. The maximum Gasteiger partial charge on any atom is 0.236 e. The molecular weight excluding hydrogens is 300 g/mol. The van der Waals surface area contributed by atoms with E-state index in [0.29, 0.717) is 19.6 Å². The predicted octanol–water partition coefficient (Wildman–Crippen LogP) is 3.33. The standard InChI is InChI=1S/C17H21ClN2O2/c1-13-4-9-16(22-13)11-20(3)17(21)12-19(2)10-14-5-7-15(18)8-6-14/h4-9H,10-12H2,1-3H3. The SMILES string of the molecule is Cc1ccc(CN(C)C(=O)CN(C)Cc2ccc(Cl)cc2)o1. The third kappa shape index (κ3) is 4.90. The van der Waals surface area contributed by atoms with Crippen molar-refractivity contribution in [2.75, 3.05) is 20.6 Å². The number of furan rings is 1. The zero-order chi connectivity index (χ0) is 16.1. The maximum absolute atomic E-state index is 12.2. The zero-order valence-corrected chi connectivity index (χ0v) is 13.9. The van der Waals surface area contributed by atoms with Crippen LogP contribution >= 0.6 is 11.6 Å². The van der Waals surface area contributed by atoms with Crippen LogP contribution in [0.2, 0.25) is 5.02 Å². The molecule has 0 aliphatic rings. The van der Waals surface area contributed by atoms with Gasteiger partial charge in [-0.05, 0) is 43.8 Å². The third-order valence-corrected chi connectivity index (χ3v) is 3.64. The summed E-state index contributed by atoms with van der Waals surface area (Å²) in [7, 11) is 3.72. The average molecular weight is 321 g/mol. The first kappa shape index (κ1) is 16.6. The first-order valence-electron chi connectivity index (χ1n) is 7.16. The Morgan fingerprint density at radius 1 is 1.09 bits per heavy atom. The van der Waals surface area contributed by atoms with Crippen LogP contribution in [0.5, 0.6) is 0 Å². The minimum Gasteiger partial charge on any atom is -0.464 e. The predicted molar refractivity (Wildman–Crippen MR) is 87.7 cm³/mol. The Hall–Kier alpha value is -1.78. The number of carbonyl (C=O) groups is 1. The number of likely N-dealkylation sites (N-methyl/N-ethyl adjacent to an activating group) is 2. The summed E-state index contributed by atoms with van der Waals surface area (Å²) in [6.45, 7) is 3.45. The molecule has 0 bridgehead atoms. The first-order valence-corrected chi connectivity index (χ1v) is 7.54. The van der Waals surface area contributed by atoms with Crippen molar-refractivity contribution in [2.45, 2.75) is 20.0 Å². The van der Waals surface area contributed by atoms with Gasteiger partial charge < -0.3 is 9.32 Å². The Balaban J connectivity index is 1.83. The van der Waals surface area contributed by atoms with Gasteiger partial charge >= 0.3 is 0 Å². The Labute approximate surface area is 136 Å². The zero-order valence-electron chi connectivity index (χ0n) is 13.2. The van der Waals surface area contributed by atoms with Gasteiger partial charge in [0.2, 0.25) is 5.91 Å². The molecule has 118 valence electrons. The van der Waals surface area contributed by atoms with E-state index in [9.17, 15) is 4.79 Å². The van der Waals surface area contributed by atoms with E-state index in [2.05, 4.69) is 0 Å². The number of hydrogen-bond donors (Lipinski definition) is 0. The second kappa shape index (κ2) is 7.47. The Kier molecular flexibility index (Phi) is 5.63. The van der Waals surface area contributed by atoms with Crippen LogP contribution in [0.3, 0.4) is 0 Å². The van der Waals surface area contributed by atoms with E-state index in [1.54, 1.807) is 11.9 Å². The van der Waals surface area contributed by atoms with Gasteiger partial charge in [0.05, 0.1) is 13.1 Å². The summed E-state index contributed by atoms with van der Waals surface area (Å²) in [6, 6.07) is 11.5. The largest absolute Gasteiger partial charge is 0.464 e. The molecule has 4 nitrogen and oxygen atoms in total. The molecule has 0 aliphatic heterocycles. The molecule has 1 aromatic carbocycles. The van der Waals surface area contributed by atoms with Gasteiger partial charge in [-0.15, -0.1) is 0 Å². The molecule has 0 unspecified atom stereocenters. The van der Waals surface area contributed by atoms with Crippen molar-refractivity contribution < 1.29 is 9.21 Å². The fourth-order valence-corrected chi connectivity index (χ4v) is 2.33. The topological polar surface area (TPSA) is 36.7 Å². The number of aryl methyl sites for hydroxylation is 1. The summed E-state index contributed by atoms with van der Waals surface area (Å²) < 4.78 is 5.50. The first-order chi connectivity index (χ1) is 10.4. The van der Waals surface area contributed by atoms with Crippen molar-refractivity contribution in [3.8, 4) is 0 Å². The van der Waals surface area contributed by atoms with E-state index in [1.807, 2.05) is 55.3 Å². The van der Waals surface area contributed by atoms with Gasteiger partial charge in [0.25, 0.3) is 0 Å². The van der Waals surface area contributed by atoms with Crippen LogP contribution < -0.4 is 0 Å². The molecule has 2 aromatic rings. The van der Waals surface area contributed by atoms with Gasteiger partial charge in [0, 0.05) is 18.6 Å². The lowest BCUT2D eigenvalue weighted by molar-refractivity contribution is -0.131. The molecule has 1 heterocycles. The van der Waals surface area contributed by atoms with Crippen LogP contribution in [0.15, 0.2) is 40.8 Å². The number of amides is 1. The molecule has 0 saturated heterocycles. The molecule has 0 spiro atoms. The number of rotatable bonds is 6. The van der Waals surface area contributed by atoms with E-state index in [1.165, 1.54) is 0 Å². The van der Waals surface area contributed by atoms with Gasteiger partial charge in [-0.3, -0.25) is 9.69 Å². The highest BCUT2D eigenvalue weighted by Crippen LogP contribution is 2.12. The minimum atomic E-state index is 0.0607. The Morgan fingerprint density at radius 3 is 2.36 bits per heavy atom. The summed E-state index contributed by atoms with van der Waals surface area (Å²) in [5.41, 5.74) is 1.13. The van der Waals surface area contributed by atoms with Crippen LogP contribution in [0.25, 0.3) is 0 Å². The summed E-state index contributed by atoms with van der Waals surface area (Å²) in [6.07, 6.45) is 0. The highest BCUT2D eigenvalue weighted by Gasteiger charge is 2.13.